The number of rotatable bonds is 5. The summed E-state index contributed by atoms with van der Waals surface area (Å²) in [5.74, 6) is 2.95. The Hall–Kier alpha value is -1.89. The summed E-state index contributed by atoms with van der Waals surface area (Å²) in [7, 11) is 1.87. The molecule has 3 saturated heterocycles. The van der Waals surface area contributed by atoms with Crippen LogP contribution in [-0.2, 0) is 9.53 Å². The van der Waals surface area contributed by atoms with Crippen LogP contribution in [0.15, 0.2) is 12.3 Å². The Kier molecular flexibility index (Phi) is 3.81. The van der Waals surface area contributed by atoms with Crippen LogP contribution in [0.4, 0.5) is 11.8 Å². The second-order valence-electron chi connectivity index (χ2n) is 8.28. The van der Waals surface area contributed by atoms with Gasteiger partial charge >= 0.3 is 0 Å². The van der Waals surface area contributed by atoms with Gasteiger partial charge in [-0.15, -0.1) is 0 Å². The van der Waals surface area contributed by atoms with Crippen LogP contribution in [0.2, 0.25) is 0 Å². The van der Waals surface area contributed by atoms with Gasteiger partial charge in [0.2, 0.25) is 11.9 Å². The van der Waals surface area contributed by atoms with Crippen molar-refractivity contribution in [1.29, 1.82) is 0 Å². The maximum absolute atomic E-state index is 12.2. The molecule has 4 atom stereocenters. The Bertz CT molecular complexity index is 709. The fourth-order valence-electron chi connectivity index (χ4n) is 5.29. The smallest absolute Gasteiger partial charge is 0.227 e. The lowest BCUT2D eigenvalue weighted by atomic mass is 9.73. The van der Waals surface area contributed by atoms with Gasteiger partial charge in [0.15, 0.2) is 0 Å². The number of aromatic nitrogens is 2. The first-order chi connectivity index (χ1) is 12.7. The molecule has 26 heavy (non-hydrogen) atoms. The van der Waals surface area contributed by atoms with Crippen LogP contribution in [0.25, 0.3) is 0 Å². The highest BCUT2D eigenvalue weighted by atomic mass is 16.5. The minimum Gasteiger partial charge on any atom is -0.373 e. The second-order valence-corrected chi connectivity index (χ2v) is 8.28. The molecule has 1 saturated carbocycles. The van der Waals surface area contributed by atoms with Gasteiger partial charge in [-0.1, -0.05) is 6.42 Å². The molecule has 1 aromatic rings. The summed E-state index contributed by atoms with van der Waals surface area (Å²) in [6.45, 7) is 2.51. The van der Waals surface area contributed by atoms with E-state index in [0.29, 0.717) is 17.9 Å². The summed E-state index contributed by atoms with van der Waals surface area (Å²) < 4.78 is 6.47. The fourth-order valence-corrected chi connectivity index (χ4v) is 5.29. The van der Waals surface area contributed by atoms with E-state index in [9.17, 15) is 4.79 Å². The van der Waals surface area contributed by atoms with Gasteiger partial charge in [0.25, 0.3) is 0 Å². The second kappa shape index (κ2) is 6.08. The zero-order chi connectivity index (χ0) is 17.7. The van der Waals surface area contributed by atoms with Crippen molar-refractivity contribution < 1.29 is 9.53 Å². The van der Waals surface area contributed by atoms with Gasteiger partial charge in [0.1, 0.15) is 5.82 Å². The van der Waals surface area contributed by atoms with E-state index in [2.05, 4.69) is 25.5 Å². The van der Waals surface area contributed by atoms with Crippen molar-refractivity contribution in [3.8, 4) is 0 Å². The third kappa shape index (κ3) is 2.47. The van der Waals surface area contributed by atoms with Gasteiger partial charge in [0.05, 0.1) is 18.2 Å². The zero-order valence-electron chi connectivity index (χ0n) is 15.3. The van der Waals surface area contributed by atoms with E-state index in [-0.39, 0.29) is 17.4 Å². The molecule has 0 unspecified atom stereocenters. The number of amides is 1. The number of carbonyl (C=O) groups excluding carboxylic acids is 1. The van der Waals surface area contributed by atoms with Crippen LogP contribution in [0.5, 0.6) is 0 Å². The largest absolute Gasteiger partial charge is 0.373 e. The highest BCUT2D eigenvalue weighted by molar-refractivity contribution is 5.79. The summed E-state index contributed by atoms with van der Waals surface area (Å²) in [6, 6.07) is 1.87. The molecule has 4 fully saturated rings. The quantitative estimate of drug-likeness (QED) is 0.830. The van der Waals surface area contributed by atoms with Gasteiger partial charge in [-0.05, 0) is 31.7 Å². The van der Waals surface area contributed by atoms with Gasteiger partial charge in [-0.2, -0.15) is 4.98 Å². The first kappa shape index (κ1) is 16.3. The third-order valence-corrected chi connectivity index (χ3v) is 6.95. The molecule has 0 aromatic carbocycles. The molecule has 1 aromatic heterocycles. The van der Waals surface area contributed by atoms with E-state index in [4.69, 9.17) is 4.74 Å². The summed E-state index contributed by atoms with van der Waals surface area (Å²) in [6.07, 6.45) is 7.61. The summed E-state index contributed by atoms with van der Waals surface area (Å²) in [5, 5.41) is 6.29. The van der Waals surface area contributed by atoms with Crippen molar-refractivity contribution in [1.82, 2.24) is 15.3 Å². The van der Waals surface area contributed by atoms with E-state index in [1.807, 2.05) is 13.1 Å². The van der Waals surface area contributed by atoms with Crippen molar-refractivity contribution in [2.45, 2.75) is 43.8 Å². The Balaban J connectivity index is 1.29. The molecule has 4 aliphatic rings. The first-order valence-corrected chi connectivity index (χ1v) is 9.90. The molecule has 1 spiro atoms. The number of anilines is 2. The average molecular weight is 357 g/mol. The van der Waals surface area contributed by atoms with Gasteiger partial charge in [0, 0.05) is 44.1 Å². The van der Waals surface area contributed by atoms with Gasteiger partial charge in [-0.25, -0.2) is 4.98 Å². The molecule has 2 bridgehead atoms. The van der Waals surface area contributed by atoms with E-state index in [1.54, 1.807) is 6.20 Å². The maximum Gasteiger partial charge on any atom is 0.227 e. The normalized spacial score (nSPS) is 35.3. The van der Waals surface area contributed by atoms with Crippen LogP contribution in [0.1, 0.15) is 32.1 Å². The van der Waals surface area contributed by atoms with Crippen LogP contribution >= 0.6 is 0 Å². The Morgan fingerprint density at radius 3 is 3.08 bits per heavy atom. The number of hydrogen-bond donors (Lipinski definition) is 2. The van der Waals surface area contributed by atoms with E-state index in [1.165, 1.54) is 6.42 Å². The Morgan fingerprint density at radius 2 is 2.31 bits per heavy atom. The molecule has 4 heterocycles. The molecule has 140 valence electrons. The summed E-state index contributed by atoms with van der Waals surface area (Å²) in [4.78, 5) is 23.6. The number of carbonyl (C=O) groups is 1. The maximum atomic E-state index is 12.2. The van der Waals surface area contributed by atoms with Crippen LogP contribution in [-0.4, -0.2) is 54.3 Å². The minimum absolute atomic E-state index is 0.0739. The fraction of sp³-hybridized carbons (Fsp3) is 0.737. The molecule has 7 heteroatoms. The molecule has 7 nitrogen and oxygen atoms in total. The van der Waals surface area contributed by atoms with Crippen molar-refractivity contribution >= 4 is 17.7 Å². The lowest BCUT2D eigenvalue weighted by Crippen LogP contribution is -2.44. The minimum atomic E-state index is -0.0739. The van der Waals surface area contributed by atoms with Crippen LogP contribution in [0, 0.1) is 17.8 Å². The number of fused-ring (bicyclic) bond motifs is 1. The zero-order valence-corrected chi connectivity index (χ0v) is 15.3. The summed E-state index contributed by atoms with van der Waals surface area (Å²) in [5.41, 5.74) is -0.0739. The molecular formula is C19H27N5O2. The molecule has 1 aliphatic carbocycles. The molecule has 2 N–H and O–H groups in total. The van der Waals surface area contributed by atoms with Crippen LogP contribution in [0.3, 0.4) is 0 Å². The number of hydrogen-bond acceptors (Lipinski definition) is 6. The molecule has 1 amide bonds. The SMILES string of the molecule is CNc1ccnc(N2C[C@@H]3[C@H](CNC(=O)C4CCC4)[C@H]4CC[C@]3(C2)O4)n1. The van der Waals surface area contributed by atoms with Crippen molar-refractivity contribution in [2.24, 2.45) is 17.8 Å². The monoisotopic (exact) mass is 357 g/mol. The number of nitrogens with one attached hydrogen (secondary N) is 2. The van der Waals surface area contributed by atoms with Crippen molar-refractivity contribution in [3.05, 3.63) is 12.3 Å². The van der Waals surface area contributed by atoms with Crippen LogP contribution < -0.4 is 15.5 Å². The molecular weight excluding hydrogens is 330 g/mol. The van der Waals surface area contributed by atoms with Crippen molar-refractivity contribution in [2.75, 3.05) is 36.9 Å². The lowest BCUT2D eigenvalue weighted by molar-refractivity contribution is -0.127. The molecule has 5 rings (SSSR count). The third-order valence-electron chi connectivity index (χ3n) is 6.95. The highest BCUT2D eigenvalue weighted by Gasteiger charge is 2.63. The topological polar surface area (TPSA) is 79.4 Å². The molecule has 3 aliphatic heterocycles. The van der Waals surface area contributed by atoms with E-state index in [0.717, 1.165) is 57.1 Å². The lowest BCUT2D eigenvalue weighted by Gasteiger charge is -2.30. The van der Waals surface area contributed by atoms with Crippen molar-refractivity contribution in [3.63, 3.8) is 0 Å². The number of ether oxygens (including phenoxy) is 1. The van der Waals surface area contributed by atoms with E-state index < -0.39 is 0 Å². The molecule has 0 radical (unpaired) electrons. The standard InChI is InChI=1S/C19H27N5O2/c1-20-16-6-8-21-18(23-16)24-10-14-13(9-22-17(25)12-3-2-4-12)15-5-7-19(14,11-24)26-15/h6,8,12-15H,2-5,7,9-11H2,1H3,(H,22,25)(H,20,21,23)/t13-,14+,15+,19+/m0/s1. The highest BCUT2D eigenvalue weighted by Crippen LogP contribution is 2.55. The van der Waals surface area contributed by atoms with Gasteiger partial charge in [-0.3, -0.25) is 4.79 Å². The van der Waals surface area contributed by atoms with Gasteiger partial charge < -0.3 is 20.3 Å². The Labute approximate surface area is 153 Å². The van der Waals surface area contributed by atoms with E-state index >= 15 is 0 Å². The Morgan fingerprint density at radius 1 is 1.42 bits per heavy atom. The predicted octanol–water partition coefficient (Wildman–Crippen LogP) is 1.42. The number of nitrogens with zero attached hydrogens (tertiary/aromatic N) is 3. The predicted molar refractivity (Wildman–Crippen MR) is 98.0 cm³/mol. The first-order valence-electron chi connectivity index (χ1n) is 9.90. The summed E-state index contributed by atoms with van der Waals surface area (Å²) >= 11 is 0. The average Bonchev–Trinajstić information content (AvgIpc) is 3.26.